The summed E-state index contributed by atoms with van der Waals surface area (Å²) in [7, 11) is 0. The zero-order valence-corrected chi connectivity index (χ0v) is 29.8. The number of rotatable bonds is 5. The van der Waals surface area contributed by atoms with Crippen LogP contribution in [0.3, 0.4) is 0 Å². The standard InChI is InChI=1S/C49H31N3OS/c1-2-12-31(13-3-1)47-50-48(52-49(51-47)36-23-24-39-38-17-6-8-19-42(38)53-43(39)28-36)35-16-10-15-34(26-35)41-27-37(33-22-21-30-11-4-5-14-32(30)25-33)29-45-46(41)40-18-7-9-20-44(40)54-45/h1-29,47H,(H,50,51,52). The van der Waals surface area contributed by atoms with E-state index < -0.39 is 0 Å². The summed E-state index contributed by atoms with van der Waals surface area (Å²) in [5, 5.41) is 10.9. The highest BCUT2D eigenvalue weighted by Crippen LogP contribution is 2.43. The van der Waals surface area contributed by atoms with Crippen molar-refractivity contribution in [3.05, 3.63) is 193 Å². The Hall–Kier alpha value is -6.82. The summed E-state index contributed by atoms with van der Waals surface area (Å²) in [5.74, 6) is 1.44. The molecule has 0 saturated heterocycles. The van der Waals surface area contributed by atoms with Gasteiger partial charge in [-0.25, -0.2) is 9.98 Å². The predicted octanol–water partition coefficient (Wildman–Crippen LogP) is 12.9. The highest BCUT2D eigenvalue weighted by atomic mass is 32.1. The first-order valence-electron chi connectivity index (χ1n) is 18.2. The number of hydrogen-bond donors (Lipinski definition) is 1. The van der Waals surface area contributed by atoms with Crippen molar-refractivity contribution >= 4 is 75.9 Å². The molecule has 0 radical (unpaired) electrons. The van der Waals surface area contributed by atoms with Gasteiger partial charge in [0, 0.05) is 42.1 Å². The van der Waals surface area contributed by atoms with E-state index in [1.807, 2.05) is 35.6 Å². The lowest BCUT2D eigenvalue weighted by Gasteiger charge is -2.24. The molecule has 54 heavy (non-hydrogen) atoms. The Balaban J connectivity index is 1.06. The minimum absolute atomic E-state index is 0.313. The van der Waals surface area contributed by atoms with Gasteiger partial charge in [0.15, 0.2) is 5.84 Å². The highest BCUT2D eigenvalue weighted by Gasteiger charge is 2.23. The van der Waals surface area contributed by atoms with Crippen LogP contribution in [-0.4, -0.2) is 11.7 Å². The molecule has 254 valence electrons. The van der Waals surface area contributed by atoms with Crippen molar-refractivity contribution in [2.24, 2.45) is 9.98 Å². The van der Waals surface area contributed by atoms with E-state index in [0.717, 1.165) is 50.0 Å². The van der Waals surface area contributed by atoms with Crippen molar-refractivity contribution in [2.45, 2.75) is 6.17 Å². The number of nitrogens with one attached hydrogen (secondary N) is 1. The van der Waals surface area contributed by atoms with E-state index in [9.17, 15) is 0 Å². The van der Waals surface area contributed by atoms with Crippen molar-refractivity contribution < 1.29 is 4.42 Å². The van der Waals surface area contributed by atoms with Gasteiger partial charge in [-0.1, -0.05) is 127 Å². The van der Waals surface area contributed by atoms with Crippen LogP contribution in [0.2, 0.25) is 0 Å². The average Bonchev–Trinajstić information content (AvgIpc) is 3.81. The topological polar surface area (TPSA) is 49.9 Å². The SMILES string of the molecule is c1ccc(C2N=C(c3ccc4c(c3)oc3ccccc34)N=C(c3cccc(-c4cc(-c5ccc6ccccc6c5)cc5sc6ccccc6c45)c3)N2)cc1. The van der Waals surface area contributed by atoms with E-state index in [2.05, 4.69) is 157 Å². The van der Waals surface area contributed by atoms with Crippen LogP contribution in [0.5, 0.6) is 0 Å². The molecular weight excluding hydrogens is 679 g/mol. The number of benzene rings is 8. The number of hydrogen-bond acceptors (Lipinski definition) is 5. The van der Waals surface area contributed by atoms with Gasteiger partial charge in [-0.05, 0) is 87.1 Å². The van der Waals surface area contributed by atoms with Crippen molar-refractivity contribution in [1.82, 2.24) is 5.32 Å². The Bertz CT molecular complexity index is 3150. The van der Waals surface area contributed by atoms with Gasteiger partial charge < -0.3 is 9.73 Å². The second kappa shape index (κ2) is 12.4. The third kappa shape index (κ3) is 5.20. The number of nitrogens with zero attached hydrogens (tertiary/aromatic N) is 2. The number of fused-ring (bicyclic) bond motifs is 7. The first kappa shape index (κ1) is 30.8. The molecule has 3 heterocycles. The summed E-state index contributed by atoms with van der Waals surface area (Å²) in [4.78, 5) is 10.4. The maximum absolute atomic E-state index is 6.27. The smallest absolute Gasteiger partial charge is 0.159 e. The van der Waals surface area contributed by atoms with E-state index >= 15 is 0 Å². The summed E-state index contributed by atoms with van der Waals surface area (Å²) < 4.78 is 8.83. The molecule has 1 unspecified atom stereocenters. The van der Waals surface area contributed by atoms with Gasteiger partial charge in [0.2, 0.25) is 0 Å². The molecule has 11 rings (SSSR count). The number of para-hydroxylation sites is 1. The van der Waals surface area contributed by atoms with Gasteiger partial charge in [-0.15, -0.1) is 11.3 Å². The quantitative estimate of drug-likeness (QED) is 0.193. The molecule has 1 aliphatic rings. The van der Waals surface area contributed by atoms with Crippen LogP contribution in [0.25, 0.3) is 75.1 Å². The van der Waals surface area contributed by atoms with Crippen molar-refractivity contribution in [3.63, 3.8) is 0 Å². The molecule has 0 bridgehead atoms. The van der Waals surface area contributed by atoms with Gasteiger partial charge in [-0.2, -0.15) is 0 Å². The summed E-state index contributed by atoms with van der Waals surface area (Å²) in [5.41, 5.74) is 9.41. The van der Waals surface area contributed by atoms with Crippen LogP contribution in [-0.2, 0) is 0 Å². The summed E-state index contributed by atoms with van der Waals surface area (Å²) in [6.45, 7) is 0. The third-order valence-electron chi connectivity index (χ3n) is 10.5. The lowest BCUT2D eigenvalue weighted by atomic mass is 9.93. The van der Waals surface area contributed by atoms with Crippen molar-refractivity contribution in [3.8, 4) is 22.3 Å². The summed E-state index contributed by atoms with van der Waals surface area (Å²) in [6.07, 6.45) is -0.313. The monoisotopic (exact) mass is 709 g/mol. The van der Waals surface area contributed by atoms with Gasteiger partial charge in [0.1, 0.15) is 23.2 Å². The molecular formula is C49H31N3OS. The first-order valence-corrected chi connectivity index (χ1v) is 19.0. The fourth-order valence-corrected chi connectivity index (χ4v) is 9.02. The highest BCUT2D eigenvalue weighted by molar-refractivity contribution is 7.26. The van der Waals surface area contributed by atoms with Gasteiger partial charge in [-0.3, -0.25) is 0 Å². The van der Waals surface area contributed by atoms with E-state index in [-0.39, 0.29) is 6.17 Å². The van der Waals surface area contributed by atoms with Crippen LogP contribution in [0.1, 0.15) is 22.9 Å². The molecule has 10 aromatic rings. The number of thiophene rings is 1. The molecule has 0 fully saturated rings. The fraction of sp³-hybridized carbons (Fsp3) is 0.0204. The van der Waals surface area contributed by atoms with Crippen LogP contribution >= 0.6 is 11.3 Å². The Morgan fingerprint density at radius 3 is 2.17 bits per heavy atom. The van der Waals surface area contributed by atoms with Gasteiger partial charge in [0.25, 0.3) is 0 Å². The third-order valence-corrected chi connectivity index (χ3v) is 11.6. The second-order valence-electron chi connectivity index (χ2n) is 13.8. The predicted molar refractivity (Wildman–Crippen MR) is 227 cm³/mol. The second-order valence-corrected chi connectivity index (χ2v) is 14.9. The van der Waals surface area contributed by atoms with Crippen molar-refractivity contribution in [1.29, 1.82) is 0 Å². The largest absolute Gasteiger partial charge is 0.456 e. The normalized spacial score (nSPS) is 14.5. The summed E-state index contributed by atoms with van der Waals surface area (Å²) >= 11 is 1.85. The average molecular weight is 710 g/mol. The van der Waals surface area contributed by atoms with E-state index in [1.54, 1.807) is 0 Å². The maximum Gasteiger partial charge on any atom is 0.159 e. The van der Waals surface area contributed by atoms with Gasteiger partial charge >= 0.3 is 0 Å². The van der Waals surface area contributed by atoms with E-state index in [0.29, 0.717) is 5.84 Å². The first-order chi connectivity index (χ1) is 26.7. The Morgan fingerprint density at radius 2 is 1.24 bits per heavy atom. The lowest BCUT2D eigenvalue weighted by Crippen LogP contribution is -2.33. The minimum Gasteiger partial charge on any atom is -0.456 e. The summed E-state index contributed by atoms with van der Waals surface area (Å²) in [6, 6.07) is 62.4. The lowest BCUT2D eigenvalue weighted by molar-refractivity contribution is 0.667. The van der Waals surface area contributed by atoms with Crippen LogP contribution in [0.4, 0.5) is 0 Å². The van der Waals surface area contributed by atoms with E-state index in [4.69, 9.17) is 14.4 Å². The van der Waals surface area contributed by atoms with Crippen molar-refractivity contribution in [2.75, 3.05) is 0 Å². The van der Waals surface area contributed by atoms with E-state index in [1.165, 1.54) is 47.6 Å². The van der Waals surface area contributed by atoms with Crippen LogP contribution < -0.4 is 5.32 Å². The molecule has 0 amide bonds. The van der Waals surface area contributed by atoms with Crippen LogP contribution in [0.15, 0.2) is 190 Å². The molecule has 0 saturated carbocycles. The number of furan rings is 1. The molecule has 0 spiro atoms. The molecule has 5 heteroatoms. The molecule has 1 atom stereocenters. The Kier molecular flexibility index (Phi) is 7.07. The fourth-order valence-electron chi connectivity index (χ4n) is 7.85. The zero-order valence-electron chi connectivity index (χ0n) is 29.0. The van der Waals surface area contributed by atoms with Gasteiger partial charge in [0.05, 0.1) is 0 Å². The number of aliphatic imine (C=N–C) groups is 2. The zero-order chi connectivity index (χ0) is 35.6. The molecule has 1 aliphatic heterocycles. The minimum atomic E-state index is -0.313. The number of amidine groups is 2. The molecule has 1 N–H and O–H groups in total. The Labute approximate surface area is 315 Å². The molecule has 4 nitrogen and oxygen atoms in total. The molecule has 8 aromatic carbocycles. The molecule has 2 aromatic heterocycles. The Morgan fingerprint density at radius 1 is 0.481 bits per heavy atom. The molecule has 0 aliphatic carbocycles. The van der Waals surface area contributed by atoms with Crippen LogP contribution in [0, 0.1) is 0 Å². The maximum atomic E-state index is 6.27.